The standard InChI is InChI=1S/C25H20N2O4/c1-30-18-10-6-15(7-11-18)12-22(28)26-17-9-8-16-14-31-24(20(16)13-17)23-19-4-2-3-5-21(19)27-25(23)29/h2-11,13H,12,14H2,1H3,(H,26,28)(H,27,29). The first kappa shape index (κ1) is 18.9. The smallest absolute Gasteiger partial charge is 0.260 e. The second kappa shape index (κ2) is 7.65. The van der Waals surface area contributed by atoms with Gasteiger partial charge in [-0.2, -0.15) is 0 Å². The number of hydrogen-bond acceptors (Lipinski definition) is 4. The molecule has 0 saturated heterocycles. The molecule has 2 aliphatic heterocycles. The lowest BCUT2D eigenvalue weighted by Crippen LogP contribution is -2.14. The number of carbonyl (C=O) groups excluding carboxylic acids is 2. The van der Waals surface area contributed by atoms with Crippen molar-refractivity contribution < 1.29 is 19.1 Å². The van der Waals surface area contributed by atoms with Gasteiger partial charge in [0.05, 0.1) is 19.1 Å². The van der Waals surface area contributed by atoms with E-state index in [4.69, 9.17) is 9.47 Å². The van der Waals surface area contributed by atoms with E-state index in [9.17, 15) is 9.59 Å². The molecule has 6 heteroatoms. The van der Waals surface area contributed by atoms with Gasteiger partial charge in [-0.3, -0.25) is 9.59 Å². The second-order valence-corrected chi connectivity index (χ2v) is 7.44. The van der Waals surface area contributed by atoms with E-state index < -0.39 is 0 Å². The van der Waals surface area contributed by atoms with Gasteiger partial charge in [-0.15, -0.1) is 0 Å². The maximum Gasteiger partial charge on any atom is 0.260 e. The Morgan fingerprint density at radius 2 is 1.87 bits per heavy atom. The highest BCUT2D eigenvalue weighted by molar-refractivity contribution is 6.36. The monoisotopic (exact) mass is 412 g/mol. The van der Waals surface area contributed by atoms with Crippen molar-refractivity contribution >= 4 is 34.5 Å². The summed E-state index contributed by atoms with van der Waals surface area (Å²) < 4.78 is 11.1. The molecule has 0 aromatic heterocycles. The van der Waals surface area contributed by atoms with E-state index in [-0.39, 0.29) is 18.2 Å². The van der Waals surface area contributed by atoms with Crippen molar-refractivity contribution in [2.75, 3.05) is 17.7 Å². The summed E-state index contributed by atoms with van der Waals surface area (Å²) in [5.74, 6) is 0.991. The minimum atomic E-state index is -0.182. The zero-order valence-electron chi connectivity index (χ0n) is 16.9. The molecule has 5 rings (SSSR count). The molecule has 31 heavy (non-hydrogen) atoms. The predicted octanol–water partition coefficient (Wildman–Crippen LogP) is 4.23. The van der Waals surface area contributed by atoms with Crippen LogP contribution in [0.4, 0.5) is 11.4 Å². The zero-order chi connectivity index (χ0) is 21.4. The average Bonchev–Trinajstić information content (AvgIpc) is 3.33. The molecule has 2 aliphatic rings. The number of nitrogens with one attached hydrogen (secondary N) is 2. The summed E-state index contributed by atoms with van der Waals surface area (Å²) in [5, 5.41) is 5.82. The Balaban J connectivity index is 1.41. The Morgan fingerprint density at radius 1 is 1.06 bits per heavy atom. The van der Waals surface area contributed by atoms with Crippen molar-refractivity contribution in [3.63, 3.8) is 0 Å². The van der Waals surface area contributed by atoms with Gasteiger partial charge in [0.2, 0.25) is 5.91 Å². The summed E-state index contributed by atoms with van der Waals surface area (Å²) >= 11 is 0. The first-order chi connectivity index (χ1) is 15.1. The summed E-state index contributed by atoms with van der Waals surface area (Å²) in [6, 6.07) is 20.6. The van der Waals surface area contributed by atoms with Gasteiger partial charge in [0, 0.05) is 28.1 Å². The highest BCUT2D eigenvalue weighted by Gasteiger charge is 2.32. The molecule has 0 bridgehead atoms. The first-order valence-electron chi connectivity index (χ1n) is 9.96. The number of fused-ring (bicyclic) bond motifs is 2. The molecule has 0 aliphatic carbocycles. The maximum absolute atomic E-state index is 12.6. The van der Waals surface area contributed by atoms with Gasteiger partial charge in [0.25, 0.3) is 5.91 Å². The normalized spacial score (nSPS) is 16.2. The van der Waals surface area contributed by atoms with Gasteiger partial charge in [-0.05, 0) is 35.9 Å². The van der Waals surface area contributed by atoms with Crippen LogP contribution in [0.3, 0.4) is 0 Å². The van der Waals surface area contributed by atoms with Crippen molar-refractivity contribution in [1.82, 2.24) is 0 Å². The first-order valence-corrected chi connectivity index (χ1v) is 9.96. The minimum absolute atomic E-state index is 0.123. The topological polar surface area (TPSA) is 76.7 Å². The van der Waals surface area contributed by atoms with Crippen LogP contribution in [0.25, 0.3) is 11.3 Å². The molecule has 0 fully saturated rings. The summed E-state index contributed by atoms with van der Waals surface area (Å²) in [6.45, 7) is 0.393. The van der Waals surface area contributed by atoms with Crippen LogP contribution in [-0.2, 0) is 27.4 Å². The van der Waals surface area contributed by atoms with Crippen molar-refractivity contribution in [3.05, 3.63) is 89.0 Å². The van der Waals surface area contributed by atoms with E-state index in [0.717, 1.165) is 33.7 Å². The van der Waals surface area contributed by atoms with Crippen LogP contribution in [0.1, 0.15) is 22.3 Å². The molecule has 6 nitrogen and oxygen atoms in total. The molecule has 0 spiro atoms. The molecule has 0 atom stereocenters. The van der Waals surface area contributed by atoms with Crippen molar-refractivity contribution in [2.24, 2.45) is 0 Å². The number of para-hydroxylation sites is 1. The summed E-state index contributed by atoms with van der Waals surface area (Å²) in [7, 11) is 1.61. The van der Waals surface area contributed by atoms with Crippen LogP contribution < -0.4 is 15.4 Å². The van der Waals surface area contributed by atoms with Gasteiger partial charge < -0.3 is 20.1 Å². The highest BCUT2D eigenvalue weighted by Crippen LogP contribution is 2.42. The van der Waals surface area contributed by atoms with E-state index in [1.807, 2.05) is 66.7 Å². The van der Waals surface area contributed by atoms with E-state index >= 15 is 0 Å². The molecular formula is C25H20N2O4. The van der Waals surface area contributed by atoms with Crippen molar-refractivity contribution in [3.8, 4) is 5.75 Å². The molecule has 0 saturated carbocycles. The third-order valence-corrected chi connectivity index (χ3v) is 5.43. The lowest BCUT2D eigenvalue weighted by Gasteiger charge is -2.09. The van der Waals surface area contributed by atoms with E-state index in [1.54, 1.807) is 7.11 Å². The molecule has 2 heterocycles. The SMILES string of the molecule is COc1ccc(CC(=O)Nc2ccc3c(c2)C(=C2C(=O)Nc4ccccc42)OC3)cc1. The van der Waals surface area contributed by atoms with Crippen molar-refractivity contribution in [2.45, 2.75) is 13.0 Å². The number of rotatable bonds is 4. The van der Waals surface area contributed by atoms with E-state index in [2.05, 4.69) is 10.6 Å². The molecule has 2 N–H and O–H groups in total. The third kappa shape index (κ3) is 3.53. The van der Waals surface area contributed by atoms with Crippen LogP contribution in [0.2, 0.25) is 0 Å². The fourth-order valence-corrected chi connectivity index (χ4v) is 3.90. The van der Waals surface area contributed by atoms with Crippen LogP contribution in [0.15, 0.2) is 66.7 Å². The van der Waals surface area contributed by atoms with Gasteiger partial charge in [-0.1, -0.05) is 36.4 Å². The van der Waals surface area contributed by atoms with Gasteiger partial charge in [0.15, 0.2) is 0 Å². The number of hydrogen-bond donors (Lipinski definition) is 2. The number of ether oxygens (including phenoxy) is 2. The van der Waals surface area contributed by atoms with E-state index in [1.165, 1.54) is 0 Å². The molecule has 0 radical (unpaired) electrons. The molecule has 0 unspecified atom stereocenters. The number of carbonyl (C=O) groups is 2. The minimum Gasteiger partial charge on any atom is -0.497 e. The van der Waals surface area contributed by atoms with E-state index in [0.29, 0.717) is 23.6 Å². The third-order valence-electron chi connectivity index (χ3n) is 5.43. The van der Waals surface area contributed by atoms with Crippen LogP contribution in [0.5, 0.6) is 5.75 Å². The molecule has 2 amide bonds. The number of benzene rings is 3. The van der Waals surface area contributed by atoms with Crippen molar-refractivity contribution in [1.29, 1.82) is 0 Å². The Kier molecular flexibility index (Phi) is 4.67. The van der Waals surface area contributed by atoms with Crippen LogP contribution in [0, 0.1) is 0 Å². The summed E-state index contributed by atoms with van der Waals surface area (Å²) in [4.78, 5) is 25.2. The Labute approximate surface area is 179 Å². The quantitative estimate of drug-likeness (QED) is 0.629. The maximum atomic E-state index is 12.6. The fraction of sp³-hybridized carbons (Fsp3) is 0.120. The Bertz CT molecular complexity index is 1230. The highest BCUT2D eigenvalue weighted by atomic mass is 16.5. The number of methoxy groups -OCH3 is 1. The zero-order valence-corrected chi connectivity index (χ0v) is 16.9. The summed E-state index contributed by atoms with van der Waals surface area (Å²) in [6.07, 6.45) is 0.251. The average molecular weight is 412 g/mol. The number of anilines is 2. The molecular weight excluding hydrogens is 392 g/mol. The largest absolute Gasteiger partial charge is 0.497 e. The Morgan fingerprint density at radius 3 is 2.68 bits per heavy atom. The lowest BCUT2D eigenvalue weighted by molar-refractivity contribution is -0.115. The number of amides is 2. The van der Waals surface area contributed by atoms with Crippen LogP contribution >= 0.6 is 0 Å². The van der Waals surface area contributed by atoms with Gasteiger partial charge in [0.1, 0.15) is 18.1 Å². The second-order valence-electron chi connectivity index (χ2n) is 7.44. The van der Waals surface area contributed by atoms with Crippen LogP contribution in [-0.4, -0.2) is 18.9 Å². The summed E-state index contributed by atoms with van der Waals surface area (Å²) in [5.41, 5.74) is 5.48. The fourth-order valence-electron chi connectivity index (χ4n) is 3.90. The molecule has 3 aromatic carbocycles. The lowest BCUT2D eigenvalue weighted by atomic mass is 10.00. The predicted molar refractivity (Wildman–Crippen MR) is 118 cm³/mol. The Hall–Kier alpha value is -4.06. The van der Waals surface area contributed by atoms with Gasteiger partial charge >= 0.3 is 0 Å². The molecule has 3 aromatic rings. The molecule has 154 valence electrons. The van der Waals surface area contributed by atoms with Gasteiger partial charge in [-0.25, -0.2) is 0 Å².